The molecule has 2 N–H and O–H groups in total. The highest BCUT2D eigenvalue weighted by Gasteiger charge is 2.93. The zero-order chi connectivity index (χ0) is 23.6. The van der Waals surface area contributed by atoms with E-state index in [1.165, 1.54) is 0 Å². The molecule has 0 aromatic heterocycles. The summed E-state index contributed by atoms with van der Waals surface area (Å²) in [4.78, 5) is 0. The molecule has 4 atom stereocenters. The van der Waals surface area contributed by atoms with E-state index in [1.54, 1.807) is 0 Å². The molecule has 2 aliphatic rings. The molecule has 0 aromatic rings. The molecule has 0 aromatic carbocycles. The van der Waals surface area contributed by atoms with Crippen LogP contribution in [-0.4, -0.2) is 46.1 Å². The zero-order valence-electron chi connectivity index (χ0n) is 15.0. The monoisotopic (exact) mass is 470 g/mol. The second-order valence-electron chi connectivity index (χ2n) is 8.02. The molecule has 30 heavy (non-hydrogen) atoms. The molecule has 0 bridgehead atoms. The van der Waals surface area contributed by atoms with Crippen molar-refractivity contribution < 1.29 is 62.9 Å². The maximum atomic E-state index is 15.2. The van der Waals surface area contributed by atoms with Gasteiger partial charge in [-0.25, -0.2) is 8.78 Å². The molecular weight excluding hydrogens is 452 g/mol. The minimum Gasteiger partial charge on any atom is -0.333 e. The maximum Gasteiger partial charge on any atom is 0.431 e. The molecule has 0 saturated heterocycles. The first-order valence-corrected chi connectivity index (χ1v) is 8.89. The topological polar surface area (TPSA) is 40.5 Å². The Bertz CT molecular complexity index is 564. The largest absolute Gasteiger partial charge is 0.431 e. The smallest absolute Gasteiger partial charge is 0.333 e. The van der Waals surface area contributed by atoms with Crippen molar-refractivity contribution >= 4 is 0 Å². The predicted octanol–water partition coefficient (Wildman–Crippen LogP) is 5.67. The Morgan fingerprint density at radius 1 is 0.567 bits per heavy atom. The van der Waals surface area contributed by atoms with E-state index < -0.39 is 72.4 Å². The minimum atomic E-state index is -7.11. The van der Waals surface area contributed by atoms with Gasteiger partial charge in [-0.2, -0.15) is 43.9 Å². The van der Waals surface area contributed by atoms with E-state index >= 15 is 8.78 Å². The number of alkyl halides is 12. The predicted molar refractivity (Wildman–Crippen MR) is 75.9 cm³/mol. The third-order valence-electron chi connectivity index (χ3n) is 6.55. The van der Waals surface area contributed by atoms with E-state index in [4.69, 9.17) is 10.2 Å². The van der Waals surface area contributed by atoms with E-state index in [2.05, 4.69) is 0 Å². The second kappa shape index (κ2) is 7.04. The van der Waals surface area contributed by atoms with Crippen LogP contribution in [0, 0.1) is 17.3 Å². The van der Waals surface area contributed by atoms with Gasteiger partial charge in [0, 0.05) is 0 Å². The maximum absolute atomic E-state index is 15.2. The quantitative estimate of drug-likeness (QED) is 0.520. The third kappa shape index (κ3) is 3.27. The highest BCUT2D eigenvalue weighted by Crippen LogP contribution is 2.71. The molecule has 0 heterocycles. The molecule has 2 nitrogen and oxygen atoms in total. The molecule has 178 valence electrons. The van der Waals surface area contributed by atoms with E-state index in [1.807, 2.05) is 0 Å². The van der Waals surface area contributed by atoms with Crippen LogP contribution in [0.15, 0.2) is 0 Å². The van der Waals surface area contributed by atoms with Gasteiger partial charge >= 0.3 is 35.9 Å². The summed E-state index contributed by atoms with van der Waals surface area (Å²) >= 11 is 0. The first-order valence-electron chi connectivity index (χ1n) is 8.89. The van der Waals surface area contributed by atoms with Gasteiger partial charge in [-0.15, -0.1) is 0 Å². The van der Waals surface area contributed by atoms with E-state index in [-0.39, 0.29) is 19.3 Å². The molecular formula is C16H18F12O2. The van der Waals surface area contributed by atoms with Gasteiger partial charge in [-0.05, 0) is 31.1 Å². The van der Waals surface area contributed by atoms with Crippen molar-refractivity contribution in [2.24, 2.45) is 17.3 Å². The SMILES string of the molecule is OC(F)(F)C(F)(C(F)(F)F)C1(C(F)(C(O)(F)F)C(F)(F)F)CCC2CCCCC2C1. The lowest BCUT2D eigenvalue weighted by Gasteiger charge is -2.58. The van der Waals surface area contributed by atoms with Gasteiger partial charge in [0.1, 0.15) is 0 Å². The number of halogens is 12. The van der Waals surface area contributed by atoms with Gasteiger partial charge in [0.05, 0.1) is 5.41 Å². The Balaban J connectivity index is 2.92. The van der Waals surface area contributed by atoms with E-state index in [9.17, 15) is 43.9 Å². The highest BCUT2D eigenvalue weighted by molar-refractivity contribution is 5.22. The summed E-state index contributed by atoms with van der Waals surface area (Å²) in [6.45, 7) is 0. The Kier molecular flexibility index (Phi) is 5.95. The average molecular weight is 470 g/mol. The van der Waals surface area contributed by atoms with Crippen LogP contribution in [0.4, 0.5) is 52.7 Å². The van der Waals surface area contributed by atoms with Crippen LogP contribution in [0.5, 0.6) is 0 Å². The summed E-state index contributed by atoms with van der Waals surface area (Å²) in [5.41, 5.74) is -18.8. The van der Waals surface area contributed by atoms with Gasteiger partial charge in [-0.3, -0.25) is 0 Å². The highest BCUT2D eigenvalue weighted by atomic mass is 19.4. The normalized spacial score (nSPS) is 33.4. The standard InChI is InChI=1S/C16H18F12O2/c17-11(13(19,20)21,15(25,26)29)10(12(18,14(22,23)24)16(27,28)30)6-5-8-3-1-2-4-9(8)7-10/h8-9,29-30H,1-7H2. The molecule has 2 rings (SSSR count). The van der Waals surface area contributed by atoms with Crippen molar-refractivity contribution in [3.63, 3.8) is 0 Å². The Morgan fingerprint density at radius 2 is 0.933 bits per heavy atom. The van der Waals surface area contributed by atoms with Gasteiger partial charge < -0.3 is 10.2 Å². The summed E-state index contributed by atoms with van der Waals surface area (Å²) < 4.78 is 166. The lowest BCUT2D eigenvalue weighted by Crippen LogP contribution is -2.79. The van der Waals surface area contributed by atoms with Crippen molar-refractivity contribution in [1.29, 1.82) is 0 Å². The van der Waals surface area contributed by atoms with Crippen molar-refractivity contribution in [3.05, 3.63) is 0 Å². The zero-order valence-corrected chi connectivity index (χ0v) is 15.0. The third-order valence-corrected chi connectivity index (χ3v) is 6.55. The number of hydrogen-bond acceptors (Lipinski definition) is 2. The molecule has 0 aliphatic heterocycles. The number of aliphatic hydroxyl groups is 2. The Labute approximate surface area is 162 Å². The average Bonchev–Trinajstić information content (AvgIpc) is 2.55. The molecule has 4 unspecified atom stereocenters. The Hall–Kier alpha value is -0.920. The van der Waals surface area contributed by atoms with Crippen molar-refractivity contribution in [2.45, 2.75) is 80.9 Å². The molecule has 0 spiro atoms. The fourth-order valence-corrected chi connectivity index (χ4v) is 5.24. The fourth-order valence-electron chi connectivity index (χ4n) is 5.24. The Morgan fingerprint density at radius 3 is 1.27 bits per heavy atom. The van der Waals surface area contributed by atoms with Crippen LogP contribution in [0.2, 0.25) is 0 Å². The van der Waals surface area contributed by atoms with Gasteiger partial charge in [0.2, 0.25) is 0 Å². The van der Waals surface area contributed by atoms with Crippen LogP contribution >= 0.6 is 0 Å². The number of fused-ring (bicyclic) bond motifs is 1. The molecule has 2 aliphatic carbocycles. The van der Waals surface area contributed by atoms with E-state index in [0.717, 1.165) is 0 Å². The summed E-state index contributed by atoms with van der Waals surface area (Å²) in [6.07, 6.45) is -32.2. The summed E-state index contributed by atoms with van der Waals surface area (Å²) in [5, 5.41) is 17.4. The first kappa shape index (κ1) is 25.3. The van der Waals surface area contributed by atoms with Crippen LogP contribution < -0.4 is 0 Å². The molecule has 2 saturated carbocycles. The minimum absolute atomic E-state index is 0.152. The number of rotatable bonds is 4. The van der Waals surface area contributed by atoms with Gasteiger partial charge in [-0.1, -0.05) is 25.7 Å². The summed E-state index contributed by atoms with van der Waals surface area (Å²) in [6, 6.07) is 0. The summed E-state index contributed by atoms with van der Waals surface area (Å²) in [5.74, 6) is -2.17. The van der Waals surface area contributed by atoms with Gasteiger partial charge in [0.25, 0.3) is 0 Å². The first-order chi connectivity index (χ1) is 13.2. The molecule has 2 fully saturated rings. The van der Waals surface area contributed by atoms with Crippen LogP contribution in [0.25, 0.3) is 0 Å². The molecule has 0 amide bonds. The van der Waals surface area contributed by atoms with Gasteiger partial charge in [0.15, 0.2) is 0 Å². The lowest BCUT2D eigenvalue weighted by molar-refractivity contribution is -0.472. The molecule has 14 heteroatoms. The fraction of sp³-hybridized carbons (Fsp3) is 1.00. The lowest BCUT2D eigenvalue weighted by atomic mass is 9.49. The van der Waals surface area contributed by atoms with Crippen molar-refractivity contribution in [2.75, 3.05) is 0 Å². The second-order valence-corrected chi connectivity index (χ2v) is 8.02. The van der Waals surface area contributed by atoms with Crippen LogP contribution in [0.1, 0.15) is 44.9 Å². The van der Waals surface area contributed by atoms with Crippen molar-refractivity contribution in [1.82, 2.24) is 0 Å². The van der Waals surface area contributed by atoms with Crippen molar-refractivity contribution in [3.8, 4) is 0 Å². The summed E-state index contributed by atoms with van der Waals surface area (Å²) in [7, 11) is 0. The molecule has 0 radical (unpaired) electrons. The van der Waals surface area contributed by atoms with Crippen LogP contribution in [-0.2, 0) is 0 Å². The van der Waals surface area contributed by atoms with Crippen LogP contribution in [0.3, 0.4) is 0 Å². The van der Waals surface area contributed by atoms with E-state index in [0.29, 0.717) is 6.42 Å². The number of hydrogen-bond donors (Lipinski definition) is 2.